The molecular weight excluding hydrogens is 462 g/mol. The standard InChI is InChI=1S/C21H22F6O6/c1-10(2)15(30)33-18-7-11-3-12(8-18)6-17(5-11,9-18)13(28)4-14(29)19(22,23)21(26,27)20(24,25)16(31)32/h11-12H,1,3-9H2,2H3,(H,31,32). The quantitative estimate of drug-likeness (QED) is 0.230. The Morgan fingerprint density at radius 2 is 1.48 bits per heavy atom. The molecule has 2 unspecified atom stereocenters. The van der Waals surface area contributed by atoms with Crippen LogP contribution in [0.3, 0.4) is 0 Å². The predicted octanol–water partition coefficient (Wildman–Crippen LogP) is 3.96. The second-order valence-corrected chi connectivity index (χ2v) is 9.65. The van der Waals surface area contributed by atoms with Crippen LogP contribution in [0.1, 0.15) is 51.9 Å². The first-order valence-corrected chi connectivity index (χ1v) is 10.2. The van der Waals surface area contributed by atoms with Crippen LogP contribution < -0.4 is 0 Å². The van der Waals surface area contributed by atoms with Crippen molar-refractivity contribution >= 4 is 23.5 Å². The molecule has 0 heterocycles. The lowest BCUT2D eigenvalue weighted by molar-refractivity contribution is -0.292. The fraction of sp³-hybridized carbons (Fsp3) is 0.714. The molecule has 4 aliphatic carbocycles. The Kier molecular flexibility index (Phi) is 5.78. The molecule has 4 bridgehead atoms. The summed E-state index contributed by atoms with van der Waals surface area (Å²) in [7, 11) is 0. The number of Topliss-reactive ketones (excluding diaryl/α,β-unsaturated/α-hetero) is 2. The van der Waals surface area contributed by atoms with E-state index in [4.69, 9.17) is 9.84 Å². The number of alkyl halides is 6. The lowest BCUT2D eigenvalue weighted by Crippen LogP contribution is -2.62. The van der Waals surface area contributed by atoms with Crippen LogP contribution >= 0.6 is 0 Å². The third-order valence-electron chi connectivity index (χ3n) is 6.99. The molecule has 0 amide bonds. The third kappa shape index (κ3) is 3.84. The second-order valence-electron chi connectivity index (χ2n) is 9.65. The molecule has 33 heavy (non-hydrogen) atoms. The largest absolute Gasteiger partial charge is 0.477 e. The van der Waals surface area contributed by atoms with Crippen LogP contribution in [0.2, 0.25) is 0 Å². The summed E-state index contributed by atoms with van der Waals surface area (Å²) in [5, 5.41) is 8.21. The number of carbonyl (C=O) groups excluding carboxylic acids is 3. The van der Waals surface area contributed by atoms with Crippen molar-refractivity contribution in [3.8, 4) is 0 Å². The van der Waals surface area contributed by atoms with Gasteiger partial charge in [-0.05, 0) is 57.3 Å². The molecule has 4 fully saturated rings. The smallest absolute Gasteiger partial charge is 0.411 e. The maximum Gasteiger partial charge on any atom is 0.411 e. The lowest BCUT2D eigenvalue weighted by Gasteiger charge is -2.60. The number of halogens is 6. The van der Waals surface area contributed by atoms with Gasteiger partial charge >= 0.3 is 29.7 Å². The number of esters is 1. The van der Waals surface area contributed by atoms with E-state index in [1.54, 1.807) is 0 Å². The van der Waals surface area contributed by atoms with Crippen molar-refractivity contribution in [2.45, 2.75) is 75.2 Å². The molecule has 0 spiro atoms. The van der Waals surface area contributed by atoms with Gasteiger partial charge in [0, 0.05) is 11.0 Å². The number of ketones is 2. The van der Waals surface area contributed by atoms with Crippen LogP contribution in [-0.2, 0) is 23.9 Å². The van der Waals surface area contributed by atoms with Crippen molar-refractivity contribution in [3.05, 3.63) is 12.2 Å². The molecule has 4 saturated carbocycles. The summed E-state index contributed by atoms with van der Waals surface area (Å²) < 4.78 is 87.5. The Labute approximate surface area is 184 Å². The van der Waals surface area contributed by atoms with Crippen LogP contribution in [0.25, 0.3) is 0 Å². The van der Waals surface area contributed by atoms with Gasteiger partial charge in [-0.3, -0.25) is 9.59 Å². The van der Waals surface area contributed by atoms with E-state index in [-0.39, 0.29) is 36.7 Å². The van der Waals surface area contributed by atoms with Gasteiger partial charge in [-0.1, -0.05) is 6.58 Å². The summed E-state index contributed by atoms with van der Waals surface area (Å²) in [4.78, 5) is 47.4. The van der Waals surface area contributed by atoms with Gasteiger partial charge in [-0.25, -0.2) is 9.59 Å². The lowest BCUT2D eigenvalue weighted by atomic mass is 9.46. The van der Waals surface area contributed by atoms with Gasteiger partial charge in [0.25, 0.3) is 0 Å². The molecule has 184 valence electrons. The van der Waals surface area contributed by atoms with E-state index < -0.39 is 58.7 Å². The minimum atomic E-state index is -6.55. The highest BCUT2D eigenvalue weighted by atomic mass is 19.3. The van der Waals surface area contributed by atoms with E-state index in [0.717, 1.165) is 0 Å². The average Bonchev–Trinajstić information content (AvgIpc) is 2.65. The molecule has 0 radical (unpaired) electrons. The Morgan fingerprint density at radius 1 is 0.970 bits per heavy atom. The first kappa shape index (κ1) is 25.2. The van der Waals surface area contributed by atoms with Crippen molar-refractivity contribution in [2.75, 3.05) is 0 Å². The zero-order chi connectivity index (χ0) is 25.2. The zero-order valence-electron chi connectivity index (χ0n) is 17.6. The molecule has 4 rings (SSSR count). The van der Waals surface area contributed by atoms with Crippen molar-refractivity contribution in [3.63, 3.8) is 0 Å². The minimum absolute atomic E-state index is 0.0996. The molecular formula is C21H22F6O6. The van der Waals surface area contributed by atoms with E-state index in [2.05, 4.69) is 6.58 Å². The van der Waals surface area contributed by atoms with E-state index in [1.165, 1.54) is 6.92 Å². The number of carboxylic acid groups (broad SMARTS) is 1. The Bertz CT molecular complexity index is 912. The molecule has 0 aromatic heterocycles. The monoisotopic (exact) mass is 484 g/mol. The predicted molar refractivity (Wildman–Crippen MR) is 97.9 cm³/mol. The van der Waals surface area contributed by atoms with Crippen LogP contribution in [0.4, 0.5) is 26.3 Å². The van der Waals surface area contributed by atoms with Gasteiger partial charge in [0.15, 0.2) is 0 Å². The normalized spacial score (nSPS) is 31.2. The first-order chi connectivity index (χ1) is 14.9. The van der Waals surface area contributed by atoms with Crippen molar-refractivity contribution in [2.24, 2.45) is 17.3 Å². The Hall–Kier alpha value is -2.40. The van der Waals surface area contributed by atoms with Crippen molar-refractivity contribution < 1.29 is 55.4 Å². The topological polar surface area (TPSA) is 97.7 Å². The van der Waals surface area contributed by atoms with Crippen LogP contribution in [-0.4, -0.2) is 52.0 Å². The maximum absolute atomic E-state index is 14.0. The molecule has 6 nitrogen and oxygen atoms in total. The number of hydrogen-bond acceptors (Lipinski definition) is 5. The summed E-state index contributed by atoms with van der Waals surface area (Å²) >= 11 is 0. The van der Waals surface area contributed by atoms with Crippen LogP contribution in [0.15, 0.2) is 12.2 Å². The highest BCUT2D eigenvalue weighted by Crippen LogP contribution is 2.63. The molecule has 0 saturated heterocycles. The number of carbonyl (C=O) groups is 4. The molecule has 0 aromatic carbocycles. The summed E-state index contributed by atoms with van der Waals surface area (Å²) in [6.07, 6.45) is -0.0678. The second kappa shape index (κ2) is 7.56. The molecule has 4 aliphatic rings. The summed E-state index contributed by atoms with van der Waals surface area (Å²) in [6, 6.07) is 0. The van der Waals surface area contributed by atoms with E-state index >= 15 is 0 Å². The summed E-state index contributed by atoms with van der Waals surface area (Å²) in [5.74, 6) is -27.3. The maximum atomic E-state index is 14.0. The van der Waals surface area contributed by atoms with Crippen molar-refractivity contribution in [1.29, 1.82) is 0 Å². The van der Waals surface area contributed by atoms with Crippen LogP contribution in [0, 0.1) is 17.3 Å². The van der Waals surface area contributed by atoms with Crippen molar-refractivity contribution in [1.82, 2.24) is 0 Å². The summed E-state index contributed by atoms with van der Waals surface area (Å²) in [5.41, 5.74) is -2.40. The van der Waals surface area contributed by atoms with E-state index in [9.17, 15) is 45.5 Å². The number of rotatable bonds is 9. The Balaban J connectivity index is 1.84. The van der Waals surface area contributed by atoms with Gasteiger partial charge in [-0.15, -0.1) is 0 Å². The minimum Gasteiger partial charge on any atom is -0.477 e. The average molecular weight is 484 g/mol. The SMILES string of the molecule is C=C(C)C(=O)OC12CC3CC(C1)CC(C(=O)CC(=O)C(F)(F)C(F)(F)C(F)(F)C(=O)O)(C3)C2. The first-order valence-electron chi connectivity index (χ1n) is 10.2. The fourth-order valence-corrected chi connectivity index (χ4v) is 5.86. The Morgan fingerprint density at radius 3 is 1.94 bits per heavy atom. The number of hydrogen-bond donors (Lipinski definition) is 1. The number of ether oxygens (including phenoxy) is 1. The van der Waals surface area contributed by atoms with Gasteiger partial charge in [-0.2, -0.15) is 26.3 Å². The van der Waals surface area contributed by atoms with Gasteiger partial charge in [0.2, 0.25) is 5.78 Å². The zero-order valence-corrected chi connectivity index (χ0v) is 17.6. The fourth-order valence-electron chi connectivity index (χ4n) is 5.86. The van der Waals surface area contributed by atoms with Gasteiger partial charge < -0.3 is 9.84 Å². The highest BCUT2D eigenvalue weighted by Gasteiger charge is 2.78. The van der Waals surface area contributed by atoms with E-state index in [1.807, 2.05) is 0 Å². The molecule has 0 aromatic rings. The molecule has 12 heteroatoms. The van der Waals surface area contributed by atoms with Gasteiger partial charge in [0.1, 0.15) is 11.4 Å². The number of carboxylic acids is 1. The summed E-state index contributed by atoms with van der Waals surface area (Å²) in [6.45, 7) is 4.90. The molecule has 2 atom stereocenters. The van der Waals surface area contributed by atoms with Crippen LogP contribution in [0.5, 0.6) is 0 Å². The number of aliphatic carboxylic acids is 1. The highest BCUT2D eigenvalue weighted by molar-refractivity contribution is 6.05. The van der Waals surface area contributed by atoms with Gasteiger partial charge in [0.05, 0.1) is 6.42 Å². The molecule has 0 aliphatic heterocycles. The molecule has 1 N–H and O–H groups in total. The third-order valence-corrected chi connectivity index (χ3v) is 6.99. The van der Waals surface area contributed by atoms with E-state index in [0.29, 0.717) is 19.3 Å².